The Bertz CT molecular complexity index is 377. The summed E-state index contributed by atoms with van der Waals surface area (Å²) in [6.45, 7) is 4.59. The van der Waals surface area contributed by atoms with E-state index in [0.29, 0.717) is 13.1 Å². The lowest BCUT2D eigenvalue weighted by atomic mass is 10.1. The van der Waals surface area contributed by atoms with Gasteiger partial charge in [0.1, 0.15) is 5.75 Å². The van der Waals surface area contributed by atoms with Crippen LogP contribution in [0.3, 0.4) is 0 Å². The molecule has 0 radical (unpaired) electrons. The van der Waals surface area contributed by atoms with Crippen molar-refractivity contribution >= 4 is 6.03 Å². The average molecular weight is 234 g/mol. The van der Waals surface area contributed by atoms with Gasteiger partial charge in [0, 0.05) is 13.1 Å². The summed E-state index contributed by atoms with van der Waals surface area (Å²) >= 11 is 0. The lowest BCUT2D eigenvalue weighted by molar-refractivity contribution is 0.242. The summed E-state index contributed by atoms with van der Waals surface area (Å²) in [5, 5.41) is 5.41. The highest BCUT2D eigenvalue weighted by Gasteiger charge is 1.99. The summed E-state index contributed by atoms with van der Waals surface area (Å²) in [6.07, 6.45) is 2.42. The van der Waals surface area contributed by atoms with Crippen molar-refractivity contribution in [2.24, 2.45) is 0 Å². The third-order valence-electron chi connectivity index (χ3n) is 2.24. The van der Waals surface area contributed by atoms with Gasteiger partial charge in [-0.3, -0.25) is 0 Å². The number of urea groups is 1. The number of carbonyl (C=O) groups is 1. The van der Waals surface area contributed by atoms with Gasteiger partial charge in [0.25, 0.3) is 0 Å². The number of rotatable bonds is 6. The van der Waals surface area contributed by atoms with Gasteiger partial charge in [0.15, 0.2) is 0 Å². The number of ether oxygens (including phenoxy) is 1. The molecule has 1 rings (SSSR count). The molecule has 0 saturated heterocycles. The summed E-state index contributed by atoms with van der Waals surface area (Å²) in [6, 6.07) is 7.63. The maximum absolute atomic E-state index is 11.2. The highest BCUT2D eigenvalue weighted by Crippen LogP contribution is 2.12. The van der Waals surface area contributed by atoms with E-state index in [1.165, 1.54) is 0 Å². The highest BCUT2D eigenvalue weighted by molar-refractivity contribution is 5.73. The van der Waals surface area contributed by atoms with Crippen LogP contribution in [0.4, 0.5) is 4.79 Å². The minimum absolute atomic E-state index is 0.173. The molecule has 0 spiro atoms. The Labute approximate surface area is 102 Å². The van der Waals surface area contributed by atoms with Gasteiger partial charge < -0.3 is 15.4 Å². The molecule has 2 amide bonds. The van der Waals surface area contributed by atoms with Gasteiger partial charge in [-0.2, -0.15) is 0 Å². The van der Waals surface area contributed by atoms with Crippen LogP contribution in [0, 0.1) is 0 Å². The first-order valence-corrected chi connectivity index (χ1v) is 5.52. The fraction of sp³-hybridized carbons (Fsp3) is 0.308. The van der Waals surface area contributed by atoms with Crippen LogP contribution in [0.25, 0.3) is 0 Å². The van der Waals surface area contributed by atoms with Crippen LogP contribution in [0.1, 0.15) is 5.56 Å². The van der Waals surface area contributed by atoms with Crippen molar-refractivity contribution in [2.75, 3.05) is 20.2 Å². The first-order valence-electron chi connectivity index (χ1n) is 5.52. The van der Waals surface area contributed by atoms with Crippen LogP contribution in [0.5, 0.6) is 5.75 Å². The fourth-order valence-electron chi connectivity index (χ4n) is 1.38. The van der Waals surface area contributed by atoms with Crippen LogP contribution in [-0.2, 0) is 6.42 Å². The molecular formula is C13H18N2O2. The molecule has 2 N–H and O–H groups in total. The Morgan fingerprint density at radius 3 is 3.00 bits per heavy atom. The molecule has 1 aromatic rings. The number of hydrogen-bond donors (Lipinski definition) is 2. The predicted octanol–water partition coefficient (Wildman–Crippen LogP) is 1.72. The molecule has 4 heteroatoms. The minimum atomic E-state index is -0.173. The van der Waals surface area contributed by atoms with E-state index < -0.39 is 0 Å². The van der Waals surface area contributed by atoms with Crippen molar-refractivity contribution in [1.29, 1.82) is 0 Å². The van der Waals surface area contributed by atoms with Crippen molar-refractivity contribution in [2.45, 2.75) is 6.42 Å². The number of nitrogens with one attached hydrogen (secondary N) is 2. The average Bonchev–Trinajstić information content (AvgIpc) is 2.36. The zero-order chi connectivity index (χ0) is 12.5. The first kappa shape index (κ1) is 13.1. The minimum Gasteiger partial charge on any atom is -0.497 e. The zero-order valence-electron chi connectivity index (χ0n) is 10.0. The van der Waals surface area contributed by atoms with E-state index in [1.54, 1.807) is 13.2 Å². The molecule has 92 valence electrons. The Hall–Kier alpha value is -1.97. The number of methoxy groups -OCH3 is 1. The molecule has 1 aromatic carbocycles. The molecule has 0 unspecified atom stereocenters. The monoisotopic (exact) mass is 234 g/mol. The van der Waals surface area contributed by atoms with Crippen molar-refractivity contribution in [1.82, 2.24) is 10.6 Å². The van der Waals surface area contributed by atoms with E-state index in [4.69, 9.17) is 4.74 Å². The van der Waals surface area contributed by atoms with Crippen LogP contribution >= 0.6 is 0 Å². The number of benzene rings is 1. The molecule has 0 heterocycles. The molecule has 0 atom stereocenters. The van der Waals surface area contributed by atoms with Gasteiger partial charge in [-0.05, 0) is 24.1 Å². The molecule has 0 aromatic heterocycles. The second-order valence-corrected chi connectivity index (χ2v) is 3.53. The maximum atomic E-state index is 11.2. The molecule has 4 nitrogen and oxygen atoms in total. The normalized spacial score (nSPS) is 9.47. The number of hydrogen-bond acceptors (Lipinski definition) is 2. The summed E-state index contributed by atoms with van der Waals surface area (Å²) in [7, 11) is 1.64. The number of amides is 2. The van der Waals surface area contributed by atoms with Gasteiger partial charge in [-0.15, -0.1) is 6.58 Å². The third-order valence-corrected chi connectivity index (χ3v) is 2.24. The van der Waals surface area contributed by atoms with Crippen LogP contribution < -0.4 is 15.4 Å². The summed E-state index contributed by atoms with van der Waals surface area (Å²) in [5.74, 6) is 0.832. The Morgan fingerprint density at radius 1 is 1.47 bits per heavy atom. The van der Waals surface area contributed by atoms with Crippen molar-refractivity contribution in [3.63, 3.8) is 0 Å². The smallest absolute Gasteiger partial charge is 0.315 e. The van der Waals surface area contributed by atoms with Gasteiger partial charge in [-0.25, -0.2) is 4.79 Å². The Morgan fingerprint density at radius 2 is 2.29 bits per heavy atom. The van der Waals surface area contributed by atoms with E-state index in [1.807, 2.05) is 24.3 Å². The maximum Gasteiger partial charge on any atom is 0.315 e. The lowest BCUT2D eigenvalue weighted by Gasteiger charge is -2.07. The molecular weight excluding hydrogens is 216 g/mol. The quantitative estimate of drug-likeness (QED) is 0.736. The standard InChI is InChI=1S/C13H18N2O2/c1-3-8-14-13(16)15-9-7-11-5-4-6-12(10-11)17-2/h3-6,10H,1,7-9H2,2H3,(H2,14,15,16). The fourth-order valence-corrected chi connectivity index (χ4v) is 1.38. The van der Waals surface area contributed by atoms with E-state index >= 15 is 0 Å². The molecule has 17 heavy (non-hydrogen) atoms. The SMILES string of the molecule is C=CCNC(=O)NCCc1cccc(OC)c1. The molecule has 0 fully saturated rings. The van der Waals surface area contributed by atoms with E-state index in [0.717, 1.165) is 17.7 Å². The molecule has 0 aliphatic rings. The van der Waals surface area contributed by atoms with Crippen molar-refractivity contribution in [3.05, 3.63) is 42.5 Å². The molecule has 0 saturated carbocycles. The van der Waals surface area contributed by atoms with E-state index in [9.17, 15) is 4.79 Å². The predicted molar refractivity (Wildman–Crippen MR) is 68.3 cm³/mol. The molecule has 0 aliphatic heterocycles. The number of carbonyl (C=O) groups excluding carboxylic acids is 1. The topological polar surface area (TPSA) is 50.4 Å². The Kier molecular flexibility index (Phi) is 5.64. The van der Waals surface area contributed by atoms with Crippen LogP contribution in [-0.4, -0.2) is 26.2 Å². The second kappa shape index (κ2) is 7.33. The van der Waals surface area contributed by atoms with Crippen molar-refractivity contribution < 1.29 is 9.53 Å². The van der Waals surface area contributed by atoms with E-state index in [-0.39, 0.29) is 6.03 Å². The summed E-state index contributed by atoms with van der Waals surface area (Å²) in [4.78, 5) is 11.2. The van der Waals surface area contributed by atoms with Crippen LogP contribution in [0.2, 0.25) is 0 Å². The highest BCUT2D eigenvalue weighted by atomic mass is 16.5. The van der Waals surface area contributed by atoms with Crippen LogP contribution in [0.15, 0.2) is 36.9 Å². The second-order valence-electron chi connectivity index (χ2n) is 3.53. The first-order chi connectivity index (χ1) is 8.26. The zero-order valence-corrected chi connectivity index (χ0v) is 10.0. The van der Waals surface area contributed by atoms with Gasteiger partial charge in [0.2, 0.25) is 0 Å². The van der Waals surface area contributed by atoms with Gasteiger partial charge in [0.05, 0.1) is 7.11 Å². The van der Waals surface area contributed by atoms with Gasteiger partial charge in [-0.1, -0.05) is 18.2 Å². The lowest BCUT2D eigenvalue weighted by Crippen LogP contribution is -2.36. The molecule has 0 aliphatic carbocycles. The Balaban J connectivity index is 2.30. The van der Waals surface area contributed by atoms with Crippen molar-refractivity contribution in [3.8, 4) is 5.75 Å². The molecule has 0 bridgehead atoms. The van der Waals surface area contributed by atoms with E-state index in [2.05, 4.69) is 17.2 Å². The third kappa shape index (κ3) is 5.06. The largest absolute Gasteiger partial charge is 0.497 e. The summed E-state index contributed by atoms with van der Waals surface area (Å²) < 4.78 is 5.12. The van der Waals surface area contributed by atoms with Gasteiger partial charge >= 0.3 is 6.03 Å². The summed E-state index contributed by atoms with van der Waals surface area (Å²) in [5.41, 5.74) is 1.13.